The largest absolute Gasteiger partial charge is 0.346 e. The Hall–Kier alpha value is -2.97. The highest BCUT2D eigenvalue weighted by atomic mass is 32.2. The average Bonchev–Trinajstić information content (AvgIpc) is 3.49. The van der Waals surface area contributed by atoms with Gasteiger partial charge in [0, 0.05) is 37.1 Å². The summed E-state index contributed by atoms with van der Waals surface area (Å²) in [5.74, 6) is 0.249. The third-order valence-electron chi connectivity index (χ3n) is 6.10. The number of aromatic nitrogens is 4. The molecule has 8 heteroatoms. The Balaban J connectivity index is 1.35. The van der Waals surface area contributed by atoms with Gasteiger partial charge in [0.05, 0.1) is 27.8 Å². The Morgan fingerprint density at radius 3 is 2.68 bits per heavy atom. The topological polar surface area (TPSA) is 83.9 Å². The fraction of sp³-hybridized carbons (Fsp3) is 0.304. The zero-order valence-electron chi connectivity index (χ0n) is 17.6. The number of H-pyrrole nitrogens is 1. The van der Waals surface area contributed by atoms with Crippen LogP contribution in [-0.4, -0.2) is 45.1 Å². The molecule has 1 N–H and O–H groups in total. The molecule has 160 valence electrons. The van der Waals surface area contributed by atoms with Gasteiger partial charge in [-0.05, 0) is 56.5 Å². The standard InChI is InChI=1S/C23H25N5O2S/c1-16-3-5-20(6-4-16)31(29,30)28-15-18(11-17(28)2)14-27-10-9-22-23(27)8-7-21(26-22)19-12-24-25-13-19/h3-10,12-13,17-18H,11,14-15H2,1-2H3,(H,24,25)/t17-,18+/m0/s1. The SMILES string of the molecule is Cc1ccc(S(=O)(=O)N2C[C@@H](Cn3ccc4nc(-c5cn[nH]c5)ccc43)C[C@@H]2C)cc1. The first kappa shape index (κ1) is 20.0. The van der Waals surface area contributed by atoms with Crippen LogP contribution in [0.2, 0.25) is 0 Å². The summed E-state index contributed by atoms with van der Waals surface area (Å²) in [6.07, 6.45) is 6.46. The second kappa shape index (κ2) is 7.62. The number of hydrogen-bond acceptors (Lipinski definition) is 4. The molecule has 31 heavy (non-hydrogen) atoms. The van der Waals surface area contributed by atoms with Crippen LogP contribution in [0.5, 0.6) is 0 Å². The lowest BCUT2D eigenvalue weighted by atomic mass is 10.1. The molecule has 5 rings (SSSR count). The van der Waals surface area contributed by atoms with Crippen molar-refractivity contribution in [2.75, 3.05) is 6.54 Å². The van der Waals surface area contributed by atoms with Crippen LogP contribution in [0.15, 0.2) is 66.0 Å². The van der Waals surface area contributed by atoms with Crippen molar-refractivity contribution in [2.24, 2.45) is 5.92 Å². The molecule has 1 saturated heterocycles. The molecule has 1 aliphatic heterocycles. The summed E-state index contributed by atoms with van der Waals surface area (Å²) >= 11 is 0. The van der Waals surface area contributed by atoms with Crippen molar-refractivity contribution in [3.05, 3.63) is 66.6 Å². The lowest BCUT2D eigenvalue weighted by Crippen LogP contribution is -2.34. The van der Waals surface area contributed by atoms with E-state index in [0.29, 0.717) is 11.4 Å². The van der Waals surface area contributed by atoms with Crippen LogP contribution < -0.4 is 0 Å². The average molecular weight is 436 g/mol. The zero-order chi connectivity index (χ0) is 21.6. The molecule has 0 spiro atoms. The van der Waals surface area contributed by atoms with Crippen LogP contribution in [0.25, 0.3) is 22.3 Å². The minimum atomic E-state index is -3.49. The monoisotopic (exact) mass is 435 g/mol. The van der Waals surface area contributed by atoms with Crippen molar-refractivity contribution in [2.45, 2.75) is 37.8 Å². The maximum Gasteiger partial charge on any atom is 0.243 e. The Morgan fingerprint density at radius 1 is 1.13 bits per heavy atom. The van der Waals surface area contributed by atoms with E-state index in [-0.39, 0.29) is 12.0 Å². The summed E-state index contributed by atoms with van der Waals surface area (Å²) in [4.78, 5) is 5.11. The fourth-order valence-electron chi connectivity index (χ4n) is 4.48. The van der Waals surface area contributed by atoms with Gasteiger partial charge in [0.1, 0.15) is 0 Å². The van der Waals surface area contributed by atoms with Gasteiger partial charge in [-0.2, -0.15) is 9.40 Å². The predicted molar refractivity (Wildman–Crippen MR) is 120 cm³/mol. The van der Waals surface area contributed by atoms with Crippen molar-refractivity contribution >= 4 is 21.1 Å². The molecule has 0 unspecified atom stereocenters. The van der Waals surface area contributed by atoms with E-state index in [2.05, 4.69) is 20.8 Å². The van der Waals surface area contributed by atoms with Crippen molar-refractivity contribution in [3.8, 4) is 11.3 Å². The normalized spacial score (nSPS) is 19.9. The number of aryl methyl sites for hydroxylation is 1. The van der Waals surface area contributed by atoms with E-state index in [4.69, 9.17) is 4.98 Å². The third-order valence-corrected chi connectivity index (χ3v) is 8.10. The molecule has 0 radical (unpaired) electrons. The summed E-state index contributed by atoms with van der Waals surface area (Å²) in [7, 11) is -3.49. The van der Waals surface area contributed by atoms with Crippen molar-refractivity contribution in [3.63, 3.8) is 0 Å². The van der Waals surface area contributed by atoms with Crippen LogP contribution in [0.1, 0.15) is 18.9 Å². The zero-order valence-corrected chi connectivity index (χ0v) is 18.4. The Bertz CT molecular complexity index is 1310. The number of hydrogen-bond donors (Lipinski definition) is 1. The molecule has 0 amide bonds. The molecule has 4 aromatic rings. The van der Waals surface area contributed by atoms with Gasteiger partial charge in [-0.3, -0.25) is 5.10 Å². The number of sulfonamides is 1. The van der Waals surface area contributed by atoms with Gasteiger partial charge in [0.2, 0.25) is 10.0 Å². The Morgan fingerprint density at radius 2 is 1.94 bits per heavy atom. The molecular weight excluding hydrogens is 410 g/mol. The van der Waals surface area contributed by atoms with Crippen LogP contribution in [0, 0.1) is 12.8 Å². The summed E-state index contributed by atoms with van der Waals surface area (Å²) in [6.45, 7) is 5.25. The molecule has 1 aromatic carbocycles. The van der Waals surface area contributed by atoms with Crippen LogP contribution >= 0.6 is 0 Å². The maximum atomic E-state index is 13.2. The van der Waals surface area contributed by atoms with Gasteiger partial charge < -0.3 is 4.57 Å². The number of fused-ring (bicyclic) bond motifs is 1. The van der Waals surface area contributed by atoms with Gasteiger partial charge in [0.25, 0.3) is 0 Å². The summed E-state index contributed by atoms with van der Waals surface area (Å²) < 4.78 is 30.2. The Labute approximate surface area is 181 Å². The van der Waals surface area contributed by atoms with Gasteiger partial charge in [-0.25, -0.2) is 13.4 Å². The summed E-state index contributed by atoms with van der Waals surface area (Å²) in [5.41, 5.74) is 4.86. The molecule has 0 bridgehead atoms. The lowest BCUT2D eigenvalue weighted by molar-refractivity contribution is 0.399. The van der Waals surface area contributed by atoms with E-state index in [9.17, 15) is 8.42 Å². The number of nitrogens with zero attached hydrogens (tertiary/aromatic N) is 4. The van der Waals surface area contributed by atoms with Crippen LogP contribution in [-0.2, 0) is 16.6 Å². The first-order valence-corrected chi connectivity index (χ1v) is 11.9. The van der Waals surface area contributed by atoms with E-state index in [0.717, 1.165) is 40.8 Å². The van der Waals surface area contributed by atoms with Crippen molar-refractivity contribution in [1.29, 1.82) is 0 Å². The first-order valence-electron chi connectivity index (χ1n) is 10.5. The van der Waals surface area contributed by atoms with Crippen LogP contribution in [0.4, 0.5) is 0 Å². The molecule has 2 atom stereocenters. The fourth-order valence-corrected chi connectivity index (χ4v) is 6.20. The van der Waals surface area contributed by atoms with Crippen molar-refractivity contribution in [1.82, 2.24) is 24.1 Å². The van der Waals surface area contributed by atoms with Crippen molar-refractivity contribution < 1.29 is 8.42 Å². The highest BCUT2D eigenvalue weighted by Crippen LogP contribution is 2.31. The minimum Gasteiger partial charge on any atom is -0.346 e. The van der Waals surface area contributed by atoms with E-state index < -0.39 is 10.0 Å². The molecule has 4 heterocycles. The van der Waals surface area contributed by atoms with Crippen LogP contribution in [0.3, 0.4) is 0 Å². The number of nitrogens with one attached hydrogen (secondary N) is 1. The molecule has 3 aromatic heterocycles. The summed E-state index contributed by atoms with van der Waals surface area (Å²) in [5, 5.41) is 6.80. The maximum absolute atomic E-state index is 13.2. The molecule has 0 aliphatic carbocycles. The first-order chi connectivity index (χ1) is 14.9. The number of aromatic amines is 1. The number of rotatable bonds is 5. The van der Waals surface area contributed by atoms with Gasteiger partial charge >= 0.3 is 0 Å². The smallest absolute Gasteiger partial charge is 0.243 e. The van der Waals surface area contributed by atoms with E-state index in [1.165, 1.54) is 0 Å². The number of benzene rings is 1. The second-order valence-electron chi connectivity index (χ2n) is 8.39. The molecule has 7 nitrogen and oxygen atoms in total. The van der Waals surface area contributed by atoms with E-state index >= 15 is 0 Å². The highest BCUT2D eigenvalue weighted by Gasteiger charge is 2.37. The summed E-state index contributed by atoms with van der Waals surface area (Å²) in [6, 6.07) is 13.2. The van der Waals surface area contributed by atoms with Gasteiger partial charge in [0.15, 0.2) is 0 Å². The molecule has 1 fully saturated rings. The third kappa shape index (κ3) is 3.66. The quantitative estimate of drug-likeness (QED) is 0.516. The van der Waals surface area contributed by atoms with Gasteiger partial charge in [-0.1, -0.05) is 17.7 Å². The lowest BCUT2D eigenvalue weighted by Gasteiger charge is -2.21. The Kier molecular flexibility index (Phi) is 4.91. The van der Waals surface area contributed by atoms with Gasteiger partial charge in [-0.15, -0.1) is 0 Å². The molecule has 0 saturated carbocycles. The van der Waals surface area contributed by atoms with E-state index in [1.807, 2.05) is 50.5 Å². The molecular formula is C23H25N5O2S. The number of pyridine rings is 1. The minimum absolute atomic E-state index is 0.0241. The predicted octanol–water partition coefficient (Wildman–Crippen LogP) is 3.83. The highest BCUT2D eigenvalue weighted by molar-refractivity contribution is 7.89. The molecule has 1 aliphatic rings. The second-order valence-corrected chi connectivity index (χ2v) is 10.3. The van der Waals surface area contributed by atoms with E-state index in [1.54, 1.807) is 22.6 Å².